The van der Waals surface area contributed by atoms with Crippen LogP contribution in [0.25, 0.3) is 0 Å². The number of alkyl halides is 24. The second-order valence-corrected chi connectivity index (χ2v) is 18.0. The summed E-state index contributed by atoms with van der Waals surface area (Å²) in [5, 5.41) is 0. The van der Waals surface area contributed by atoms with Gasteiger partial charge in [0.25, 0.3) is 0 Å². The van der Waals surface area contributed by atoms with E-state index >= 15 is 0 Å². The molecule has 29 heteroatoms. The molecular formula is C50H33BF24N2O2. The van der Waals surface area contributed by atoms with Gasteiger partial charge in [-0.05, 0) is 62.1 Å². The van der Waals surface area contributed by atoms with Crippen LogP contribution in [0.5, 0.6) is 0 Å². The van der Waals surface area contributed by atoms with E-state index in [1.165, 1.54) is 19.3 Å². The first-order valence-electron chi connectivity index (χ1n) is 22.5. The van der Waals surface area contributed by atoms with Gasteiger partial charge in [-0.3, -0.25) is 4.98 Å². The van der Waals surface area contributed by atoms with Crippen LogP contribution in [-0.2, 0) is 60.7 Å². The molecule has 1 saturated carbocycles. The average Bonchev–Trinajstić information content (AvgIpc) is 3.33. The fourth-order valence-electron chi connectivity index (χ4n) is 8.88. The molecule has 1 fully saturated rings. The summed E-state index contributed by atoms with van der Waals surface area (Å²) in [5.74, 6) is -0.199. The van der Waals surface area contributed by atoms with Crippen LogP contribution in [0.2, 0.25) is 0 Å². The summed E-state index contributed by atoms with van der Waals surface area (Å²) < 4.78 is 348. The highest BCUT2D eigenvalue weighted by Crippen LogP contribution is 2.41. The largest absolute Gasteiger partial charge is 0.459 e. The summed E-state index contributed by atoms with van der Waals surface area (Å²) in [4.78, 5) is 16.1. The van der Waals surface area contributed by atoms with Gasteiger partial charge in [-0.2, -0.15) is 132 Å². The number of rotatable bonds is 8. The lowest BCUT2D eigenvalue weighted by Crippen LogP contribution is -2.75. The topological polar surface area (TPSA) is 43.1 Å². The van der Waals surface area contributed by atoms with Crippen LogP contribution in [-0.4, -0.2) is 23.2 Å². The summed E-state index contributed by atoms with van der Waals surface area (Å²) in [6.45, 7) is 0.764. The first-order valence-corrected chi connectivity index (χ1v) is 22.5. The van der Waals surface area contributed by atoms with E-state index in [-0.39, 0.29) is 12.1 Å². The van der Waals surface area contributed by atoms with Gasteiger partial charge in [0, 0.05) is 5.56 Å². The average molecular weight is 1160 g/mol. The molecule has 5 aromatic carbocycles. The van der Waals surface area contributed by atoms with Gasteiger partial charge in [0.15, 0.2) is 18.9 Å². The van der Waals surface area contributed by atoms with Gasteiger partial charge in [-0.25, -0.2) is 4.79 Å². The Morgan fingerprint density at radius 1 is 0.418 bits per heavy atom. The molecule has 1 aliphatic rings. The quantitative estimate of drug-likeness (QED) is 0.0660. The minimum Gasteiger partial charge on any atom is -0.459 e. The Bertz CT molecular complexity index is 2670. The summed E-state index contributed by atoms with van der Waals surface area (Å²) in [6, 6.07) is -1.16. The molecule has 1 heterocycles. The summed E-state index contributed by atoms with van der Waals surface area (Å²) in [6.07, 6.45) is -41.7. The van der Waals surface area contributed by atoms with Gasteiger partial charge in [-0.1, -0.05) is 67.1 Å². The van der Waals surface area contributed by atoms with Crippen molar-refractivity contribution >= 4 is 34.0 Å². The van der Waals surface area contributed by atoms with Crippen LogP contribution in [0.1, 0.15) is 92.5 Å². The first-order chi connectivity index (χ1) is 36.1. The number of carbonyl (C=O) groups excluding carboxylic acids is 1. The third-order valence-electron chi connectivity index (χ3n) is 12.5. The lowest BCUT2D eigenvalue weighted by Gasteiger charge is -2.46. The molecule has 0 N–H and O–H groups in total. The number of hydrogen-bond donors (Lipinski definition) is 0. The minimum atomic E-state index is -6.13. The van der Waals surface area contributed by atoms with E-state index in [1.807, 2.05) is 41.2 Å². The molecule has 0 amide bonds. The fourth-order valence-corrected chi connectivity index (χ4v) is 8.88. The van der Waals surface area contributed by atoms with E-state index in [0.29, 0.717) is 5.56 Å². The molecule has 7 rings (SSSR count). The molecule has 79 heavy (non-hydrogen) atoms. The van der Waals surface area contributed by atoms with Gasteiger partial charge < -0.3 is 4.74 Å². The number of nitrogens with zero attached hydrogens (tertiary/aromatic N) is 2. The third-order valence-corrected chi connectivity index (χ3v) is 12.5. The Labute approximate surface area is 429 Å². The third kappa shape index (κ3) is 14.8. The van der Waals surface area contributed by atoms with Crippen LogP contribution in [0.4, 0.5) is 105 Å². The van der Waals surface area contributed by atoms with Crippen molar-refractivity contribution in [1.29, 1.82) is 0 Å². The molecule has 1 aromatic heterocycles. The molecular weight excluding hydrogens is 1130 g/mol. The van der Waals surface area contributed by atoms with E-state index in [4.69, 9.17) is 4.74 Å². The van der Waals surface area contributed by atoms with Gasteiger partial charge in [-0.15, -0.1) is 0 Å². The SMILES string of the molecule is FC(F)(F)c1cc([B-](c2cc(C(F)(F)F)cc(C(F)(F)F)c2)(c2cc(C(F)(F)F)cc(C(F)(F)F)c2)c2cc(C(F)(F)F)cc(C(F)(F)F)c2)cc(C(F)(F)F)c1.O=C(OC1CCCCC1)c1ccc(C[n+]2ccncc2)cc1. The zero-order valence-corrected chi connectivity index (χ0v) is 39.2. The molecule has 1 aliphatic carbocycles. The van der Waals surface area contributed by atoms with E-state index < -0.39 is 195 Å². The van der Waals surface area contributed by atoms with Crippen molar-refractivity contribution in [2.75, 3.05) is 0 Å². The van der Waals surface area contributed by atoms with Crippen molar-refractivity contribution in [3.05, 3.63) is 177 Å². The number of hydrogen-bond acceptors (Lipinski definition) is 3. The summed E-state index contributed by atoms with van der Waals surface area (Å²) >= 11 is 0. The molecule has 0 saturated heterocycles. The molecule has 4 nitrogen and oxygen atoms in total. The normalized spacial score (nSPS) is 14.6. The molecule has 6 aromatic rings. The zero-order chi connectivity index (χ0) is 59.1. The van der Waals surface area contributed by atoms with Crippen molar-refractivity contribution in [3.63, 3.8) is 0 Å². The van der Waals surface area contributed by atoms with Gasteiger partial charge in [0.05, 0.1) is 62.5 Å². The van der Waals surface area contributed by atoms with E-state index in [9.17, 15) is 110 Å². The van der Waals surface area contributed by atoms with E-state index in [0.717, 1.165) is 24.9 Å². The highest BCUT2D eigenvalue weighted by molar-refractivity contribution is 7.20. The van der Waals surface area contributed by atoms with Crippen LogP contribution in [0.15, 0.2) is 122 Å². The molecule has 0 atom stereocenters. The minimum absolute atomic E-state index is 0.105. The lowest BCUT2D eigenvalue weighted by atomic mass is 9.12. The highest BCUT2D eigenvalue weighted by atomic mass is 19.4. The highest BCUT2D eigenvalue weighted by Gasteiger charge is 2.47. The molecule has 0 unspecified atom stereocenters. The van der Waals surface area contributed by atoms with Crippen LogP contribution < -0.4 is 26.4 Å². The number of aromatic nitrogens is 2. The van der Waals surface area contributed by atoms with Crippen molar-refractivity contribution in [2.45, 2.75) is 94.2 Å². The summed E-state index contributed by atoms with van der Waals surface area (Å²) in [7, 11) is 0. The number of benzene rings is 5. The second-order valence-electron chi connectivity index (χ2n) is 18.0. The number of halogens is 24. The smallest absolute Gasteiger partial charge is 0.416 e. The second kappa shape index (κ2) is 21.9. The Morgan fingerprint density at radius 3 is 0.937 bits per heavy atom. The molecule has 0 bridgehead atoms. The van der Waals surface area contributed by atoms with Gasteiger partial charge in [0.2, 0.25) is 0 Å². The maximum absolute atomic E-state index is 14.2. The predicted octanol–water partition coefficient (Wildman–Crippen LogP) is 14.1. The maximum Gasteiger partial charge on any atom is 0.416 e. The van der Waals surface area contributed by atoms with Gasteiger partial charge in [0.1, 0.15) is 12.2 Å². The molecule has 0 radical (unpaired) electrons. The standard InChI is InChI=1S/C32H12BF24.C18H21N2O2/c34-25(35,36)13-1-14(26(37,38)39)6-21(5-13)33(22-7-15(27(40,41)42)2-16(8-22)28(43,44)45,23-9-17(29(46,47)48)3-18(10-23)30(49,50)51)24-11-19(31(52,53)54)4-20(12-24)32(55,56)57;21-18(22-17-4-2-1-3-5-17)16-8-6-15(7-9-16)14-20-12-10-19-11-13-20/h1-12H;6-13,17H,1-5,14H2/q-1;+1. The number of esters is 1. The predicted molar refractivity (Wildman–Crippen MR) is 232 cm³/mol. The lowest BCUT2D eigenvalue weighted by molar-refractivity contribution is -0.688. The summed E-state index contributed by atoms with van der Waals surface area (Å²) in [5.41, 5.74) is -28.4. The fraction of sp³-hybridized carbons (Fsp3) is 0.300. The van der Waals surface area contributed by atoms with Gasteiger partial charge >= 0.3 is 55.4 Å². The number of carbonyl (C=O) groups is 1. The molecule has 0 spiro atoms. The molecule has 426 valence electrons. The van der Waals surface area contributed by atoms with Crippen molar-refractivity contribution in [1.82, 2.24) is 4.98 Å². The monoisotopic (exact) mass is 1160 g/mol. The van der Waals surface area contributed by atoms with Crippen molar-refractivity contribution < 1.29 is 119 Å². The van der Waals surface area contributed by atoms with Crippen LogP contribution >= 0.6 is 0 Å². The molecule has 0 aliphatic heterocycles. The Hall–Kier alpha value is -6.97. The maximum atomic E-state index is 14.2. The number of ether oxygens (including phenoxy) is 1. The van der Waals surface area contributed by atoms with Crippen LogP contribution in [0.3, 0.4) is 0 Å². The van der Waals surface area contributed by atoms with E-state index in [1.54, 1.807) is 12.4 Å². The van der Waals surface area contributed by atoms with Crippen molar-refractivity contribution in [2.24, 2.45) is 0 Å². The van der Waals surface area contributed by atoms with Crippen molar-refractivity contribution in [3.8, 4) is 0 Å². The van der Waals surface area contributed by atoms with Crippen LogP contribution in [0, 0.1) is 0 Å². The van der Waals surface area contributed by atoms with E-state index in [2.05, 4.69) is 4.98 Å². The zero-order valence-electron chi connectivity index (χ0n) is 39.2. The Kier molecular flexibility index (Phi) is 17.0. The Balaban J connectivity index is 0.000000378. The first kappa shape index (κ1) is 61.3. The Morgan fingerprint density at radius 2 is 0.684 bits per heavy atom.